The van der Waals surface area contributed by atoms with Crippen LogP contribution in [0, 0.1) is 0 Å². The lowest BCUT2D eigenvalue weighted by atomic mass is 10.2. The van der Waals surface area contributed by atoms with E-state index in [0.717, 1.165) is 6.42 Å². The Labute approximate surface area is 140 Å². The topological polar surface area (TPSA) is 61.4 Å². The molecule has 0 saturated carbocycles. The predicted octanol–water partition coefficient (Wildman–Crippen LogP) is 3.28. The van der Waals surface area contributed by atoms with Gasteiger partial charge in [-0.2, -0.15) is 0 Å². The highest BCUT2D eigenvalue weighted by Crippen LogP contribution is 2.17. The zero-order valence-corrected chi connectivity index (χ0v) is 14.3. The van der Waals surface area contributed by atoms with Gasteiger partial charge in [-0.3, -0.25) is 14.5 Å². The summed E-state index contributed by atoms with van der Waals surface area (Å²) in [6.45, 7) is 1.98. The number of carbonyl (C=O) groups is 2. The molecule has 23 heavy (non-hydrogen) atoms. The van der Waals surface area contributed by atoms with E-state index in [1.807, 2.05) is 37.4 Å². The van der Waals surface area contributed by atoms with Gasteiger partial charge in [0.1, 0.15) is 0 Å². The van der Waals surface area contributed by atoms with E-state index in [-0.39, 0.29) is 17.9 Å². The molecule has 1 heterocycles. The van der Waals surface area contributed by atoms with E-state index in [1.54, 1.807) is 30.3 Å². The number of nitrogens with zero attached hydrogens (tertiary/aromatic N) is 1. The summed E-state index contributed by atoms with van der Waals surface area (Å²) in [5.41, 5.74) is 1.41. The molecule has 0 fully saturated rings. The van der Waals surface area contributed by atoms with Crippen LogP contribution in [0.25, 0.3) is 0 Å². The number of hydrogen-bond acceptors (Lipinski definition) is 4. The third-order valence-corrected chi connectivity index (χ3v) is 4.34. The minimum atomic E-state index is -0.159. The molecule has 0 bridgehead atoms. The van der Waals surface area contributed by atoms with Gasteiger partial charge >= 0.3 is 0 Å². The highest BCUT2D eigenvalue weighted by Gasteiger charge is 2.18. The highest BCUT2D eigenvalue weighted by atomic mass is 32.1. The van der Waals surface area contributed by atoms with Crippen LogP contribution >= 0.6 is 11.3 Å². The maximum Gasteiger partial charge on any atom is 0.265 e. The number of anilines is 2. The number of carbonyl (C=O) groups excluding carboxylic acids is 2. The van der Waals surface area contributed by atoms with E-state index in [4.69, 9.17) is 0 Å². The lowest BCUT2D eigenvalue weighted by molar-refractivity contribution is -0.120. The average molecular weight is 331 g/mol. The first kappa shape index (κ1) is 17.2. The molecule has 0 aliphatic rings. The van der Waals surface area contributed by atoms with Crippen LogP contribution in [0.3, 0.4) is 0 Å². The Hall–Kier alpha value is -2.18. The summed E-state index contributed by atoms with van der Waals surface area (Å²) in [6, 6.07) is 10.6. The molecule has 6 heteroatoms. The molecule has 1 atom stereocenters. The quantitative estimate of drug-likeness (QED) is 0.854. The van der Waals surface area contributed by atoms with Crippen LogP contribution < -0.4 is 10.6 Å². The number of benzene rings is 1. The highest BCUT2D eigenvalue weighted by molar-refractivity contribution is 7.12. The van der Waals surface area contributed by atoms with Crippen LogP contribution in [0.15, 0.2) is 41.8 Å². The molecule has 122 valence electrons. The fourth-order valence-corrected chi connectivity index (χ4v) is 2.87. The zero-order valence-electron chi connectivity index (χ0n) is 13.5. The van der Waals surface area contributed by atoms with Gasteiger partial charge < -0.3 is 10.6 Å². The number of amides is 2. The molecule has 2 aromatic rings. The van der Waals surface area contributed by atoms with Gasteiger partial charge in [-0.15, -0.1) is 11.3 Å². The first-order chi connectivity index (χ1) is 11.0. The van der Waals surface area contributed by atoms with Crippen LogP contribution in [0.1, 0.15) is 23.0 Å². The summed E-state index contributed by atoms with van der Waals surface area (Å²) in [7, 11) is 3.77. The van der Waals surface area contributed by atoms with Crippen molar-refractivity contribution >= 4 is 34.5 Å². The molecule has 1 unspecified atom stereocenters. The maximum atomic E-state index is 12.2. The molecule has 2 N–H and O–H groups in total. The van der Waals surface area contributed by atoms with Crippen LogP contribution in [0.2, 0.25) is 0 Å². The van der Waals surface area contributed by atoms with Gasteiger partial charge in [0.2, 0.25) is 5.91 Å². The zero-order chi connectivity index (χ0) is 16.8. The lowest BCUT2D eigenvalue weighted by Gasteiger charge is -2.21. The van der Waals surface area contributed by atoms with E-state index in [1.165, 1.54) is 11.3 Å². The van der Waals surface area contributed by atoms with E-state index < -0.39 is 0 Å². The Kier molecular flexibility index (Phi) is 5.90. The number of hydrogen-bond donors (Lipinski definition) is 2. The van der Waals surface area contributed by atoms with Gasteiger partial charge in [-0.05, 0) is 56.2 Å². The Bertz CT molecular complexity index is 651. The van der Waals surface area contributed by atoms with Crippen LogP contribution in [-0.4, -0.2) is 36.9 Å². The van der Waals surface area contributed by atoms with Crippen molar-refractivity contribution in [1.29, 1.82) is 0 Å². The summed E-state index contributed by atoms with van der Waals surface area (Å²) in [4.78, 5) is 26.7. The molecular formula is C17H21N3O2S. The molecule has 1 aromatic carbocycles. The molecule has 2 rings (SSSR count). The Balaban J connectivity index is 1.97. The summed E-state index contributed by atoms with van der Waals surface area (Å²) in [5, 5.41) is 7.58. The molecule has 0 aliphatic carbocycles. The maximum absolute atomic E-state index is 12.2. The molecule has 0 saturated heterocycles. The van der Waals surface area contributed by atoms with Crippen LogP contribution in [0.4, 0.5) is 11.4 Å². The second kappa shape index (κ2) is 7.89. The van der Waals surface area contributed by atoms with Crippen LogP contribution in [0.5, 0.6) is 0 Å². The number of likely N-dealkylation sites (N-methyl/N-ethyl adjacent to an activating group) is 1. The van der Waals surface area contributed by atoms with Gasteiger partial charge in [0.05, 0.1) is 10.9 Å². The van der Waals surface area contributed by atoms with Gasteiger partial charge in [-0.25, -0.2) is 0 Å². The van der Waals surface area contributed by atoms with Crippen molar-refractivity contribution in [2.24, 2.45) is 0 Å². The average Bonchev–Trinajstić information content (AvgIpc) is 3.04. The van der Waals surface area contributed by atoms with Crippen LogP contribution in [-0.2, 0) is 4.79 Å². The Morgan fingerprint density at radius 3 is 2.17 bits per heavy atom. The van der Waals surface area contributed by atoms with E-state index in [9.17, 15) is 9.59 Å². The van der Waals surface area contributed by atoms with Crippen molar-refractivity contribution in [2.75, 3.05) is 24.7 Å². The van der Waals surface area contributed by atoms with Crippen molar-refractivity contribution in [3.63, 3.8) is 0 Å². The SMILES string of the molecule is CCC(C(=O)Nc1ccc(NC(=O)c2cccs2)cc1)N(C)C. The van der Waals surface area contributed by atoms with E-state index in [2.05, 4.69) is 10.6 Å². The fourth-order valence-electron chi connectivity index (χ4n) is 2.25. The number of rotatable bonds is 6. The second-order valence-corrected chi connectivity index (χ2v) is 6.33. The molecule has 0 radical (unpaired) electrons. The largest absolute Gasteiger partial charge is 0.325 e. The van der Waals surface area contributed by atoms with Crippen molar-refractivity contribution < 1.29 is 9.59 Å². The summed E-state index contributed by atoms with van der Waals surface area (Å²) in [6.07, 6.45) is 0.744. The fraction of sp³-hybridized carbons (Fsp3) is 0.294. The normalized spacial score (nSPS) is 12.0. The Morgan fingerprint density at radius 2 is 1.70 bits per heavy atom. The minimum Gasteiger partial charge on any atom is -0.325 e. The van der Waals surface area contributed by atoms with Gasteiger partial charge in [-0.1, -0.05) is 13.0 Å². The molecule has 5 nitrogen and oxygen atoms in total. The standard InChI is InChI=1S/C17H21N3O2S/c1-4-14(20(2)3)16(21)18-12-7-9-13(10-8-12)19-17(22)15-6-5-11-23-15/h5-11,14H,4H2,1-3H3,(H,18,21)(H,19,22). The monoisotopic (exact) mass is 331 g/mol. The van der Waals surface area contributed by atoms with E-state index >= 15 is 0 Å². The van der Waals surface area contributed by atoms with Crippen molar-refractivity contribution in [3.8, 4) is 0 Å². The molecule has 2 amide bonds. The summed E-state index contributed by atoms with van der Waals surface area (Å²) >= 11 is 1.40. The van der Waals surface area contributed by atoms with Crippen molar-refractivity contribution in [2.45, 2.75) is 19.4 Å². The predicted molar refractivity (Wildman–Crippen MR) is 95.1 cm³/mol. The minimum absolute atomic E-state index is 0.0344. The smallest absolute Gasteiger partial charge is 0.265 e. The molecular weight excluding hydrogens is 310 g/mol. The van der Waals surface area contributed by atoms with Crippen molar-refractivity contribution in [1.82, 2.24) is 4.90 Å². The third-order valence-electron chi connectivity index (χ3n) is 3.47. The number of thiophene rings is 1. The first-order valence-electron chi connectivity index (χ1n) is 7.43. The molecule has 0 aliphatic heterocycles. The summed E-state index contributed by atoms with van der Waals surface area (Å²) < 4.78 is 0. The van der Waals surface area contributed by atoms with Gasteiger partial charge in [0.25, 0.3) is 5.91 Å². The van der Waals surface area contributed by atoms with Crippen molar-refractivity contribution in [3.05, 3.63) is 46.7 Å². The molecule has 0 spiro atoms. The lowest BCUT2D eigenvalue weighted by Crippen LogP contribution is -2.39. The van der Waals surface area contributed by atoms with Gasteiger partial charge in [0, 0.05) is 11.4 Å². The van der Waals surface area contributed by atoms with E-state index in [0.29, 0.717) is 16.3 Å². The van der Waals surface area contributed by atoms with Gasteiger partial charge in [0.15, 0.2) is 0 Å². The number of nitrogens with one attached hydrogen (secondary N) is 2. The first-order valence-corrected chi connectivity index (χ1v) is 8.31. The Morgan fingerprint density at radius 1 is 1.09 bits per heavy atom. The summed E-state index contributed by atoms with van der Waals surface area (Å²) in [5.74, 6) is -0.164. The third kappa shape index (κ3) is 4.64. The second-order valence-electron chi connectivity index (χ2n) is 5.39. The molecule has 1 aromatic heterocycles.